The van der Waals surface area contributed by atoms with Gasteiger partial charge in [0.2, 0.25) is 0 Å². The number of ether oxygens (including phenoxy) is 7. The Labute approximate surface area is 312 Å². The van der Waals surface area contributed by atoms with E-state index in [1.165, 1.54) is 25.2 Å². The second kappa shape index (κ2) is 21.7. The molecule has 0 amide bonds. The van der Waals surface area contributed by atoms with Gasteiger partial charge in [-0.25, -0.2) is 9.59 Å². The monoisotopic (exact) mass is 746 g/mol. The maximum atomic E-state index is 13.2. The first kappa shape index (κ1) is 42.6. The highest BCUT2D eigenvalue weighted by Crippen LogP contribution is 2.33. The van der Waals surface area contributed by atoms with Crippen molar-refractivity contribution in [2.75, 3.05) is 6.61 Å². The van der Waals surface area contributed by atoms with Gasteiger partial charge in [-0.15, -0.1) is 0 Å². The summed E-state index contributed by atoms with van der Waals surface area (Å²) in [5.41, 5.74) is 0.943. The molecule has 3 heterocycles. The summed E-state index contributed by atoms with van der Waals surface area (Å²) < 4.78 is 42.1. The van der Waals surface area contributed by atoms with E-state index >= 15 is 0 Å². The van der Waals surface area contributed by atoms with Crippen molar-refractivity contribution in [3.63, 3.8) is 0 Å². The Morgan fingerprint density at radius 1 is 0.849 bits per heavy atom. The molecule has 0 aromatic heterocycles. The van der Waals surface area contributed by atoms with Gasteiger partial charge in [0.25, 0.3) is 0 Å². The van der Waals surface area contributed by atoms with Gasteiger partial charge >= 0.3 is 17.9 Å². The fourth-order valence-corrected chi connectivity index (χ4v) is 6.63. The van der Waals surface area contributed by atoms with E-state index < -0.39 is 85.9 Å². The van der Waals surface area contributed by atoms with Crippen molar-refractivity contribution in [3.05, 3.63) is 53.6 Å². The van der Waals surface area contributed by atoms with Crippen molar-refractivity contribution in [3.8, 4) is 0 Å². The molecule has 0 spiro atoms. The number of cyclic esters (lactones) is 1. The second-order valence-corrected chi connectivity index (χ2v) is 14.1. The minimum absolute atomic E-state index is 0.165. The molecule has 11 atom stereocenters. The first-order valence-corrected chi connectivity index (χ1v) is 19.1. The zero-order valence-electron chi connectivity index (χ0n) is 31.4. The highest BCUT2D eigenvalue weighted by atomic mass is 16.8. The molecule has 4 rings (SSSR count). The molecule has 13 nitrogen and oxygen atoms in total. The van der Waals surface area contributed by atoms with Crippen molar-refractivity contribution < 1.29 is 62.9 Å². The van der Waals surface area contributed by atoms with Crippen LogP contribution in [-0.2, 0) is 47.5 Å². The predicted molar refractivity (Wildman–Crippen MR) is 193 cm³/mol. The van der Waals surface area contributed by atoms with Gasteiger partial charge < -0.3 is 48.5 Å². The average Bonchev–Trinajstić information content (AvgIpc) is 3.15. The summed E-state index contributed by atoms with van der Waals surface area (Å²) in [5, 5.41) is 33.9. The smallest absolute Gasteiger partial charge is 0.333 e. The Morgan fingerprint density at radius 3 is 2.25 bits per heavy atom. The summed E-state index contributed by atoms with van der Waals surface area (Å²) in [6, 6.07) is 9.04. The molecular weight excluding hydrogens is 688 g/mol. The summed E-state index contributed by atoms with van der Waals surface area (Å²) in [5.74, 6) is -2.13. The molecular formula is C40H58O13. The Balaban J connectivity index is 1.69. The van der Waals surface area contributed by atoms with E-state index in [2.05, 4.69) is 0 Å². The number of benzene rings is 1. The number of esters is 3. The summed E-state index contributed by atoms with van der Waals surface area (Å²) >= 11 is 0. The highest BCUT2D eigenvalue weighted by molar-refractivity contribution is 5.88. The van der Waals surface area contributed by atoms with Gasteiger partial charge in [-0.1, -0.05) is 88.3 Å². The van der Waals surface area contributed by atoms with Crippen molar-refractivity contribution in [2.24, 2.45) is 0 Å². The van der Waals surface area contributed by atoms with Gasteiger partial charge in [0.15, 0.2) is 24.8 Å². The predicted octanol–water partition coefficient (Wildman–Crippen LogP) is 4.68. The van der Waals surface area contributed by atoms with Crippen molar-refractivity contribution >= 4 is 24.0 Å². The van der Waals surface area contributed by atoms with E-state index in [-0.39, 0.29) is 18.1 Å². The van der Waals surface area contributed by atoms with Crippen molar-refractivity contribution in [2.45, 2.75) is 166 Å². The molecule has 3 aliphatic rings. The summed E-state index contributed by atoms with van der Waals surface area (Å²) in [4.78, 5) is 39.3. The lowest BCUT2D eigenvalue weighted by Crippen LogP contribution is -2.65. The minimum Gasteiger partial charge on any atom is -0.463 e. The molecule has 2 bridgehead atoms. The third-order valence-electron chi connectivity index (χ3n) is 9.90. The number of hydrogen-bond donors (Lipinski definition) is 3. The third kappa shape index (κ3) is 12.7. The molecule has 1 aromatic carbocycles. The normalized spacial score (nSPS) is 34.4. The molecule has 1 aromatic rings. The molecule has 296 valence electrons. The van der Waals surface area contributed by atoms with Crippen molar-refractivity contribution in [1.29, 1.82) is 0 Å². The van der Waals surface area contributed by atoms with Gasteiger partial charge in [0.05, 0.1) is 12.2 Å². The number of aliphatic hydroxyl groups is 3. The fourth-order valence-electron chi connectivity index (χ4n) is 6.63. The van der Waals surface area contributed by atoms with Crippen LogP contribution in [0.4, 0.5) is 0 Å². The van der Waals surface area contributed by atoms with Crippen LogP contribution in [0.25, 0.3) is 6.08 Å². The van der Waals surface area contributed by atoms with Gasteiger partial charge in [0.1, 0.15) is 37.1 Å². The maximum Gasteiger partial charge on any atom is 0.333 e. The molecule has 3 fully saturated rings. The lowest BCUT2D eigenvalue weighted by atomic mass is 9.96. The zero-order valence-corrected chi connectivity index (χ0v) is 31.4. The zero-order chi connectivity index (χ0) is 38.3. The molecule has 3 saturated heterocycles. The van der Waals surface area contributed by atoms with E-state index in [0.29, 0.717) is 6.42 Å². The topological polar surface area (TPSA) is 177 Å². The number of carbonyl (C=O) groups excluding carboxylic acids is 3. The van der Waals surface area contributed by atoms with E-state index in [9.17, 15) is 29.7 Å². The van der Waals surface area contributed by atoms with Crippen LogP contribution in [0.3, 0.4) is 0 Å². The molecule has 3 N–H and O–H groups in total. The molecule has 0 aliphatic carbocycles. The van der Waals surface area contributed by atoms with E-state index in [1.807, 2.05) is 25.1 Å². The molecule has 13 heteroatoms. The molecule has 0 saturated carbocycles. The van der Waals surface area contributed by atoms with Gasteiger partial charge in [-0.05, 0) is 51.7 Å². The Bertz CT molecular complexity index is 1350. The first-order valence-electron chi connectivity index (χ1n) is 19.1. The summed E-state index contributed by atoms with van der Waals surface area (Å²) in [7, 11) is 0. The molecule has 0 unspecified atom stereocenters. The van der Waals surface area contributed by atoms with E-state index in [1.54, 1.807) is 26.0 Å². The SMILES string of the molecule is C/C=C(/C)C(=O)O[C@@H]1[C@@H](O)[C@@H]2O[C@@H]3[C@@H](O[C@@H](CCC)CCCCCCCCCC(=O)OC[C@H](O2)[C@H]1OC(=O)/C=C/c1ccccc1)O[C@@H](C)[C@@H](O)[C@H]3O. The lowest BCUT2D eigenvalue weighted by Gasteiger charge is -2.47. The van der Waals surface area contributed by atoms with Crippen LogP contribution in [0.1, 0.15) is 104 Å². The quantitative estimate of drug-likeness (QED) is 0.199. The number of allylic oxidation sites excluding steroid dienone is 1. The van der Waals surface area contributed by atoms with Gasteiger partial charge in [0, 0.05) is 18.1 Å². The fraction of sp³-hybridized carbons (Fsp3) is 0.675. The van der Waals surface area contributed by atoms with Crippen LogP contribution >= 0.6 is 0 Å². The Morgan fingerprint density at radius 2 is 1.55 bits per heavy atom. The number of hydrogen-bond acceptors (Lipinski definition) is 13. The lowest BCUT2D eigenvalue weighted by molar-refractivity contribution is -0.369. The van der Waals surface area contributed by atoms with Crippen LogP contribution in [-0.4, -0.2) is 107 Å². The average molecular weight is 747 g/mol. The minimum atomic E-state index is -1.79. The van der Waals surface area contributed by atoms with Crippen LogP contribution in [0.5, 0.6) is 0 Å². The molecule has 3 aliphatic heterocycles. The van der Waals surface area contributed by atoms with E-state index in [0.717, 1.165) is 63.4 Å². The Kier molecular flexibility index (Phi) is 17.4. The molecule has 0 radical (unpaired) electrons. The van der Waals surface area contributed by atoms with Crippen molar-refractivity contribution in [1.82, 2.24) is 0 Å². The highest BCUT2D eigenvalue weighted by Gasteiger charge is 2.54. The largest absolute Gasteiger partial charge is 0.463 e. The maximum absolute atomic E-state index is 13.2. The second-order valence-electron chi connectivity index (χ2n) is 14.1. The standard InChI is InChI=1S/C40H58O13/c1-5-17-28-20-15-10-8-7-9-11-16-21-30(41)47-24-29-35(51-31(42)23-22-27-18-13-12-14-19-27)36(52-38(46)25(3)6-2)34(45)39(50-29)53-37-33(44)32(43)26(4)48-40(37)49-28/h6,12-14,18-19,22-23,26,28-29,32-37,39-40,43-45H,5,7-11,15-17,20-21,24H2,1-4H3/b23-22+,25-6-/t26-,28-,29-,32+,33+,34+,35+,36+,37-,39-,40+/m0/s1. The summed E-state index contributed by atoms with van der Waals surface area (Å²) in [6.45, 7) is 6.39. The van der Waals surface area contributed by atoms with Gasteiger partial charge in [-0.2, -0.15) is 0 Å². The van der Waals surface area contributed by atoms with Crippen LogP contribution in [0.15, 0.2) is 48.1 Å². The Hall–Kier alpha value is -3.17. The van der Waals surface area contributed by atoms with Crippen LogP contribution in [0.2, 0.25) is 0 Å². The third-order valence-corrected chi connectivity index (χ3v) is 9.90. The number of aliphatic hydroxyl groups excluding tert-OH is 3. The van der Waals surface area contributed by atoms with Crippen LogP contribution in [0, 0.1) is 0 Å². The number of rotatable bonds is 7. The first-order chi connectivity index (χ1) is 25.5. The van der Waals surface area contributed by atoms with Crippen LogP contribution < -0.4 is 0 Å². The number of carbonyl (C=O) groups is 3. The number of fused-ring (bicyclic) bond motifs is 3. The van der Waals surface area contributed by atoms with E-state index in [4.69, 9.17) is 33.2 Å². The van der Waals surface area contributed by atoms with Gasteiger partial charge in [-0.3, -0.25) is 4.79 Å². The summed E-state index contributed by atoms with van der Waals surface area (Å²) in [6.07, 6.45) is -1.02. The molecule has 53 heavy (non-hydrogen) atoms.